The Morgan fingerprint density at radius 1 is 1.26 bits per heavy atom. The zero-order valence-corrected chi connectivity index (χ0v) is 14.0. The maximum absolute atomic E-state index is 12.3. The molecule has 0 unspecified atom stereocenters. The summed E-state index contributed by atoms with van der Waals surface area (Å²) in [4.78, 5) is 18.6. The third-order valence-corrected chi connectivity index (χ3v) is 4.38. The number of likely N-dealkylation sites (tertiary alicyclic amines) is 1. The van der Waals surface area contributed by atoms with Crippen LogP contribution in [-0.2, 0) is 24.3 Å². The van der Waals surface area contributed by atoms with Crippen LogP contribution in [0, 0.1) is 11.8 Å². The second kappa shape index (κ2) is 6.99. The number of hydrogen-bond donors (Lipinski definition) is 0. The lowest BCUT2D eigenvalue weighted by Crippen LogP contribution is -2.26. The first kappa shape index (κ1) is 15.8. The van der Waals surface area contributed by atoms with Crippen molar-refractivity contribution < 1.29 is 4.79 Å². The van der Waals surface area contributed by atoms with Crippen molar-refractivity contribution in [3.8, 4) is 0 Å². The number of carbonyl (C=O) groups excluding carboxylic acids is 1. The number of rotatable bonds is 6. The van der Waals surface area contributed by atoms with E-state index in [9.17, 15) is 4.79 Å². The predicted octanol–water partition coefficient (Wildman–Crippen LogP) is 3.13. The molecule has 1 aliphatic rings. The molecule has 23 heavy (non-hydrogen) atoms. The van der Waals surface area contributed by atoms with Gasteiger partial charge in [-0.1, -0.05) is 44.2 Å². The molecule has 4 heteroatoms. The highest BCUT2D eigenvalue weighted by Gasteiger charge is 2.30. The van der Waals surface area contributed by atoms with Gasteiger partial charge in [-0.2, -0.15) is 0 Å². The highest BCUT2D eigenvalue weighted by Crippen LogP contribution is 2.23. The van der Waals surface area contributed by atoms with E-state index < -0.39 is 0 Å². The number of amides is 1. The third kappa shape index (κ3) is 4.01. The monoisotopic (exact) mass is 311 g/mol. The molecule has 1 amide bonds. The fourth-order valence-corrected chi connectivity index (χ4v) is 3.32. The lowest BCUT2D eigenvalue weighted by Gasteiger charge is -2.18. The molecule has 1 aromatic heterocycles. The van der Waals surface area contributed by atoms with Crippen LogP contribution in [0.15, 0.2) is 42.9 Å². The van der Waals surface area contributed by atoms with Crippen molar-refractivity contribution in [3.63, 3.8) is 0 Å². The number of aromatic nitrogens is 2. The summed E-state index contributed by atoms with van der Waals surface area (Å²) in [7, 11) is 0. The second-order valence-electron chi connectivity index (χ2n) is 6.97. The fraction of sp³-hybridized carbons (Fsp3) is 0.474. The van der Waals surface area contributed by atoms with Crippen LogP contribution in [-0.4, -0.2) is 26.9 Å². The quantitative estimate of drug-likeness (QED) is 0.822. The van der Waals surface area contributed by atoms with Crippen LogP contribution in [0.5, 0.6) is 0 Å². The van der Waals surface area contributed by atoms with E-state index in [2.05, 4.69) is 47.7 Å². The van der Waals surface area contributed by atoms with Gasteiger partial charge in [-0.05, 0) is 23.8 Å². The van der Waals surface area contributed by atoms with E-state index in [1.165, 1.54) is 5.56 Å². The van der Waals surface area contributed by atoms with Crippen LogP contribution >= 0.6 is 0 Å². The minimum absolute atomic E-state index is 0.267. The highest BCUT2D eigenvalue weighted by molar-refractivity contribution is 5.78. The molecule has 3 rings (SSSR count). The summed E-state index contributed by atoms with van der Waals surface area (Å²) in [5.74, 6) is 1.26. The van der Waals surface area contributed by atoms with Gasteiger partial charge in [0.25, 0.3) is 0 Å². The van der Waals surface area contributed by atoms with Crippen molar-refractivity contribution in [3.05, 3.63) is 54.1 Å². The van der Waals surface area contributed by atoms with E-state index in [4.69, 9.17) is 0 Å². The summed E-state index contributed by atoms with van der Waals surface area (Å²) in [6.45, 7) is 6.86. The maximum Gasteiger partial charge on any atom is 0.223 e. The van der Waals surface area contributed by atoms with Gasteiger partial charge in [0.15, 0.2) is 0 Å². The highest BCUT2D eigenvalue weighted by atomic mass is 16.2. The van der Waals surface area contributed by atoms with Crippen LogP contribution in [0.3, 0.4) is 0 Å². The molecule has 1 fully saturated rings. The lowest BCUT2D eigenvalue weighted by atomic mass is 9.99. The van der Waals surface area contributed by atoms with E-state index in [0.29, 0.717) is 24.8 Å². The molecular formula is C19H25N3O. The van der Waals surface area contributed by atoms with Gasteiger partial charge in [-0.15, -0.1) is 0 Å². The molecule has 2 aromatic rings. The van der Waals surface area contributed by atoms with Crippen LogP contribution in [0.1, 0.15) is 31.5 Å². The first-order valence-electron chi connectivity index (χ1n) is 8.42. The van der Waals surface area contributed by atoms with E-state index in [1.54, 1.807) is 0 Å². The minimum Gasteiger partial charge on any atom is -0.337 e. The molecule has 1 aliphatic heterocycles. The van der Waals surface area contributed by atoms with Gasteiger partial charge in [-0.3, -0.25) is 4.79 Å². The van der Waals surface area contributed by atoms with E-state index in [-0.39, 0.29) is 5.91 Å². The largest absolute Gasteiger partial charge is 0.337 e. The number of imidazole rings is 1. The molecule has 0 spiro atoms. The fourth-order valence-electron chi connectivity index (χ4n) is 3.32. The SMILES string of the molecule is CC(C)Cn1cncc1CN1C[C@H](Cc2ccccc2)CC1=O. The van der Waals surface area contributed by atoms with Crippen LogP contribution in [0.25, 0.3) is 0 Å². The van der Waals surface area contributed by atoms with Gasteiger partial charge in [-0.25, -0.2) is 4.98 Å². The minimum atomic E-state index is 0.267. The summed E-state index contributed by atoms with van der Waals surface area (Å²) in [6.07, 6.45) is 5.40. The van der Waals surface area contributed by atoms with E-state index in [0.717, 1.165) is 25.2 Å². The van der Waals surface area contributed by atoms with Gasteiger partial charge in [0, 0.05) is 25.7 Å². The Morgan fingerprint density at radius 2 is 2.04 bits per heavy atom. The van der Waals surface area contributed by atoms with Crippen LogP contribution < -0.4 is 0 Å². The number of carbonyl (C=O) groups is 1. The topological polar surface area (TPSA) is 38.1 Å². The molecule has 0 N–H and O–H groups in total. The van der Waals surface area contributed by atoms with E-state index >= 15 is 0 Å². The molecule has 122 valence electrons. The summed E-state index contributed by atoms with van der Waals surface area (Å²) in [5, 5.41) is 0. The molecule has 0 radical (unpaired) electrons. The Kier molecular flexibility index (Phi) is 4.79. The molecule has 4 nitrogen and oxygen atoms in total. The molecule has 0 saturated carbocycles. The molecular weight excluding hydrogens is 286 g/mol. The molecule has 1 aromatic carbocycles. The first-order valence-corrected chi connectivity index (χ1v) is 8.42. The normalized spacial score (nSPS) is 18.1. The van der Waals surface area contributed by atoms with Crippen molar-refractivity contribution >= 4 is 5.91 Å². The number of nitrogens with zero attached hydrogens (tertiary/aromatic N) is 3. The predicted molar refractivity (Wildman–Crippen MR) is 90.7 cm³/mol. The lowest BCUT2D eigenvalue weighted by molar-refractivity contribution is -0.128. The number of hydrogen-bond acceptors (Lipinski definition) is 2. The van der Waals surface area contributed by atoms with Crippen molar-refractivity contribution in [1.82, 2.24) is 14.5 Å². The third-order valence-electron chi connectivity index (χ3n) is 4.38. The molecule has 1 saturated heterocycles. The Labute approximate surface area is 138 Å². The van der Waals surface area contributed by atoms with Crippen molar-refractivity contribution in [2.45, 2.75) is 39.8 Å². The zero-order chi connectivity index (χ0) is 16.2. The van der Waals surface area contributed by atoms with Crippen molar-refractivity contribution in [1.29, 1.82) is 0 Å². The van der Waals surface area contributed by atoms with Gasteiger partial charge in [0.2, 0.25) is 5.91 Å². The average molecular weight is 311 g/mol. The van der Waals surface area contributed by atoms with Crippen molar-refractivity contribution in [2.75, 3.05) is 6.54 Å². The van der Waals surface area contributed by atoms with Gasteiger partial charge >= 0.3 is 0 Å². The van der Waals surface area contributed by atoms with Gasteiger partial charge in [0.1, 0.15) is 0 Å². The maximum atomic E-state index is 12.3. The standard InChI is InChI=1S/C19H25N3O/c1-15(2)11-22-14-20-10-18(22)13-21-12-17(9-19(21)23)8-16-6-4-3-5-7-16/h3-7,10,14-15,17H,8-9,11-13H2,1-2H3/t17-/m1/s1. The Bertz CT molecular complexity index is 648. The summed E-state index contributed by atoms with van der Waals surface area (Å²) in [6, 6.07) is 10.4. The van der Waals surface area contributed by atoms with Crippen LogP contribution in [0.4, 0.5) is 0 Å². The average Bonchev–Trinajstić information content (AvgIpc) is 3.07. The van der Waals surface area contributed by atoms with E-state index in [1.807, 2.05) is 23.5 Å². The Hall–Kier alpha value is -2.10. The summed E-state index contributed by atoms with van der Waals surface area (Å²) in [5.41, 5.74) is 2.45. The summed E-state index contributed by atoms with van der Waals surface area (Å²) >= 11 is 0. The molecule has 0 bridgehead atoms. The zero-order valence-electron chi connectivity index (χ0n) is 14.0. The van der Waals surface area contributed by atoms with Crippen LogP contribution in [0.2, 0.25) is 0 Å². The first-order chi connectivity index (χ1) is 11.1. The Balaban J connectivity index is 1.61. The Morgan fingerprint density at radius 3 is 2.78 bits per heavy atom. The summed E-state index contributed by atoms with van der Waals surface area (Å²) < 4.78 is 2.17. The van der Waals surface area contributed by atoms with Gasteiger partial charge in [0.05, 0.1) is 18.6 Å². The van der Waals surface area contributed by atoms with Gasteiger partial charge < -0.3 is 9.47 Å². The molecule has 0 aliphatic carbocycles. The number of benzene rings is 1. The second-order valence-corrected chi connectivity index (χ2v) is 6.97. The molecule has 2 heterocycles. The molecule has 1 atom stereocenters. The smallest absolute Gasteiger partial charge is 0.223 e. The van der Waals surface area contributed by atoms with Crippen molar-refractivity contribution in [2.24, 2.45) is 11.8 Å².